The second-order valence-electron chi connectivity index (χ2n) is 3.01. The van der Waals surface area contributed by atoms with Crippen molar-refractivity contribution in [3.63, 3.8) is 0 Å². The van der Waals surface area contributed by atoms with Gasteiger partial charge in [0.2, 0.25) is 0 Å². The molecule has 1 nitrogen and oxygen atoms in total. The normalized spacial score (nSPS) is 23.7. The van der Waals surface area contributed by atoms with Crippen LogP contribution >= 0.6 is 0 Å². The van der Waals surface area contributed by atoms with Crippen LogP contribution in [0, 0.1) is 5.92 Å². The molecular formula is C9H14O. The predicted molar refractivity (Wildman–Crippen MR) is 41.5 cm³/mol. The first kappa shape index (κ1) is 7.56. The second-order valence-corrected chi connectivity index (χ2v) is 3.01. The summed E-state index contributed by atoms with van der Waals surface area (Å²) in [6, 6.07) is 0. The standard InChI is InChI=1S/C9H14O/c1-2-3-4-8-5-6-9(8)7-10/h8H,2-6H2,1H3. The van der Waals surface area contributed by atoms with Crippen molar-refractivity contribution in [2.24, 2.45) is 5.92 Å². The molecule has 0 spiro atoms. The minimum absolute atomic E-state index is 0.609. The lowest BCUT2D eigenvalue weighted by molar-refractivity contribution is 0.402. The van der Waals surface area contributed by atoms with Crippen LogP contribution in [0.5, 0.6) is 0 Å². The molecule has 0 amide bonds. The van der Waals surface area contributed by atoms with Crippen LogP contribution in [-0.4, -0.2) is 5.94 Å². The van der Waals surface area contributed by atoms with E-state index in [4.69, 9.17) is 0 Å². The SMILES string of the molecule is CCCCC1CCC1=C=O. The average molecular weight is 138 g/mol. The number of unbranched alkanes of at least 4 members (excludes halogenated alkanes) is 1. The topological polar surface area (TPSA) is 17.1 Å². The van der Waals surface area contributed by atoms with Crippen molar-refractivity contribution in [3.8, 4) is 0 Å². The smallest absolute Gasteiger partial charge is 0.123 e. The van der Waals surface area contributed by atoms with Gasteiger partial charge in [0.25, 0.3) is 0 Å². The van der Waals surface area contributed by atoms with Crippen molar-refractivity contribution in [2.45, 2.75) is 39.0 Å². The zero-order chi connectivity index (χ0) is 7.40. The summed E-state index contributed by atoms with van der Waals surface area (Å²) >= 11 is 0. The minimum Gasteiger partial charge on any atom is -0.234 e. The van der Waals surface area contributed by atoms with Crippen LogP contribution in [0.1, 0.15) is 39.0 Å². The molecule has 56 valence electrons. The Hall–Kier alpha value is -0.550. The van der Waals surface area contributed by atoms with Gasteiger partial charge in [-0.1, -0.05) is 19.8 Å². The lowest BCUT2D eigenvalue weighted by Gasteiger charge is -2.26. The fourth-order valence-corrected chi connectivity index (χ4v) is 1.40. The Morgan fingerprint density at radius 3 is 2.90 bits per heavy atom. The Labute approximate surface area is 62.1 Å². The largest absolute Gasteiger partial charge is 0.234 e. The molecule has 0 heterocycles. The Balaban J connectivity index is 2.23. The van der Waals surface area contributed by atoms with Gasteiger partial charge in [-0.3, -0.25) is 0 Å². The fraction of sp³-hybridized carbons (Fsp3) is 0.778. The average Bonchev–Trinajstić information content (AvgIpc) is 1.88. The van der Waals surface area contributed by atoms with Crippen molar-refractivity contribution in [2.75, 3.05) is 0 Å². The molecule has 1 atom stereocenters. The molecule has 0 bridgehead atoms. The summed E-state index contributed by atoms with van der Waals surface area (Å²) in [5.41, 5.74) is 1.04. The van der Waals surface area contributed by atoms with E-state index in [0.29, 0.717) is 5.92 Å². The molecule has 1 heteroatoms. The summed E-state index contributed by atoms with van der Waals surface area (Å²) in [6.45, 7) is 2.18. The molecule has 1 unspecified atom stereocenters. The van der Waals surface area contributed by atoms with Crippen molar-refractivity contribution in [3.05, 3.63) is 5.57 Å². The first-order valence-corrected chi connectivity index (χ1v) is 4.12. The number of hydrogen-bond donors (Lipinski definition) is 0. The van der Waals surface area contributed by atoms with E-state index in [1.165, 1.54) is 25.7 Å². The first-order valence-electron chi connectivity index (χ1n) is 4.12. The number of carbonyl (C=O) groups excluding carboxylic acids is 1. The first-order chi connectivity index (χ1) is 4.88. The monoisotopic (exact) mass is 138 g/mol. The molecule has 0 radical (unpaired) electrons. The highest BCUT2D eigenvalue weighted by Gasteiger charge is 2.23. The summed E-state index contributed by atoms with van der Waals surface area (Å²) in [7, 11) is 0. The third-order valence-corrected chi connectivity index (χ3v) is 2.29. The predicted octanol–water partition coefficient (Wildman–Crippen LogP) is 2.34. The lowest BCUT2D eigenvalue weighted by Crippen LogP contribution is -2.15. The van der Waals surface area contributed by atoms with Crippen molar-refractivity contribution < 1.29 is 4.79 Å². The highest BCUT2D eigenvalue weighted by Crippen LogP contribution is 2.34. The van der Waals surface area contributed by atoms with Gasteiger partial charge < -0.3 is 0 Å². The van der Waals surface area contributed by atoms with E-state index in [0.717, 1.165) is 12.0 Å². The van der Waals surface area contributed by atoms with Crippen LogP contribution in [0.2, 0.25) is 0 Å². The molecule has 0 aromatic rings. The highest BCUT2D eigenvalue weighted by molar-refractivity contribution is 5.55. The summed E-state index contributed by atoms with van der Waals surface area (Å²) in [5, 5.41) is 0. The van der Waals surface area contributed by atoms with Crippen LogP contribution in [0.4, 0.5) is 0 Å². The van der Waals surface area contributed by atoms with Gasteiger partial charge >= 0.3 is 0 Å². The van der Waals surface area contributed by atoms with Gasteiger partial charge in [0.1, 0.15) is 5.94 Å². The quantitative estimate of drug-likeness (QED) is 0.547. The Morgan fingerprint density at radius 2 is 2.50 bits per heavy atom. The van der Waals surface area contributed by atoms with Crippen LogP contribution in [0.3, 0.4) is 0 Å². The third-order valence-electron chi connectivity index (χ3n) is 2.29. The lowest BCUT2D eigenvalue weighted by atomic mass is 9.77. The highest BCUT2D eigenvalue weighted by atomic mass is 16.1. The molecular weight excluding hydrogens is 124 g/mol. The van der Waals surface area contributed by atoms with Crippen LogP contribution in [0.15, 0.2) is 5.57 Å². The van der Waals surface area contributed by atoms with Gasteiger partial charge in [-0.25, -0.2) is 4.79 Å². The van der Waals surface area contributed by atoms with E-state index >= 15 is 0 Å². The van der Waals surface area contributed by atoms with E-state index in [1.807, 2.05) is 5.94 Å². The number of rotatable bonds is 3. The van der Waals surface area contributed by atoms with Gasteiger partial charge in [-0.2, -0.15) is 0 Å². The Morgan fingerprint density at radius 1 is 1.70 bits per heavy atom. The molecule has 0 saturated heterocycles. The van der Waals surface area contributed by atoms with E-state index in [9.17, 15) is 4.79 Å². The van der Waals surface area contributed by atoms with E-state index in [1.54, 1.807) is 0 Å². The van der Waals surface area contributed by atoms with E-state index in [-0.39, 0.29) is 0 Å². The van der Waals surface area contributed by atoms with Gasteiger partial charge in [-0.15, -0.1) is 0 Å². The third kappa shape index (κ3) is 1.48. The van der Waals surface area contributed by atoms with Crippen molar-refractivity contribution >= 4 is 5.94 Å². The fourth-order valence-electron chi connectivity index (χ4n) is 1.40. The molecule has 1 fully saturated rings. The number of allylic oxidation sites excluding steroid dienone is 1. The summed E-state index contributed by atoms with van der Waals surface area (Å²) < 4.78 is 0. The number of hydrogen-bond acceptors (Lipinski definition) is 1. The maximum Gasteiger partial charge on any atom is 0.123 e. The molecule has 0 aromatic carbocycles. The minimum atomic E-state index is 0.609. The van der Waals surface area contributed by atoms with E-state index < -0.39 is 0 Å². The Bertz CT molecular complexity index is 154. The van der Waals surface area contributed by atoms with Crippen LogP contribution in [0.25, 0.3) is 0 Å². The Kier molecular flexibility index (Phi) is 2.70. The van der Waals surface area contributed by atoms with Crippen molar-refractivity contribution in [1.82, 2.24) is 0 Å². The van der Waals surface area contributed by atoms with Gasteiger partial charge in [0.05, 0.1) is 0 Å². The summed E-state index contributed by atoms with van der Waals surface area (Å²) in [4.78, 5) is 10.2. The van der Waals surface area contributed by atoms with Gasteiger partial charge in [-0.05, 0) is 25.2 Å². The van der Waals surface area contributed by atoms with Crippen LogP contribution in [-0.2, 0) is 4.79 Å². The maximum atomic E-state index is 10.2. The summed E-state index contributed by atoms with van der Waals surface area (Å²) in [6.07, 6.45) is 5.95. The zero-order valence-electron chi connectivity index (χ0n) is 6.52. The molecule has 10 heavy (non-hydrogen) atoms. The molecule has 1 aliphatic rings. The van der Waals surface area contributed by atoms with Gasteiger partial charge in [0, 0.05) is 5.57 Å². The van der Waals surface area contributed by atoms with Gasteiger partial charge in [0.15, 0.2) is 0 Å². The maximum absolute atomic E-state index is 10.2. The van der Waals surface area contributed by atoms with Crippen LogP contribution < -0.4 is 0 Å². The molecule has 0 N–H and O–H groups in total. The molecule has 0 aromatic heterocycles. The van der Waals surface area contributed by atoms with Crippen molar-refractivity contribution in [1.29, 1.82) is 0 Å². The molecule has 0 aliphatic heterocycles. The zero-order valence-corrected chi connectivity index (χ0v) is 6.52. The van der Waals surface area contributed by atoms with E-state index in [2.05, 4.69) is 6.92 Å². The molecule has 1 aliphatic carbocycles. The molecule has 1 rings (SSSR count). The second kappa shape index (κ2) is 3.58. The summed E-state index contributed by atoms with van der Waals surface area (Å²) in [5.74, 6) is 2.64. The molecule has 1 saturated carbocycles.